The number of hydrogen-bond acceptors (Lipinski definition) is 4. The Morgan fingerprint density at radius 3 is 2.87 bits per heavy atom. The highest BCUT2D eigenvalue weighted by atomic mass is 79.9. The summed E-state index contributed by atoms with van der Waals surface area (Å²) in [5.74, 6) is -0.286. The zero-order chi connectivity index (χ0) is 10.8. The first kappa shape index (κ1) is 10.5. The molecule has 6 heteroatoms. The van der Waals surface area contributed by atoms with Crippen LogP contribution >= 0.6 is 27.3 Å². The molecule has 0 N–H and O–H groups in total. The summed E-state index contributed by atoms with van der Waals surface area (Å²) in [5, 5.41) is 8.64. The maximum atomic E-state index is 13.3. The smallest absolute Gasteiger partial charge is 0.299 e. The summed E-state index contributed by atoms with van der Waals surface area (Å²) in [6.07, 6.45) is 0. The molecule has 0 aliphatic rings. The van der Waals surface area contributed by atoms with E-state index in [2.05, 4.69) is 26.1 Å². The Bertz CT molecular complexity index is 489. The van der Waals surface area contributed by atoms with E-state index in [0.29, 0.717) is 5.19 Å². The van der Waals surface area contributed by atoms with E-state index in [1.807, 2.05) is 6.92 Å². The van der Waals surface area contributed by atoms with E-state index >= 15 is 0 Å². The Hall–Kier alpha value is -1.01. The maximum absolute atomic E-state index is 13.3. The fourth-order valence-corrected chi connectivity index (χ4v) is 1.86. The molecule has 0 aliphatic heterocycles. The average molecular weight is 289 g/mol. The number of benzene rings is 1. The molecule has 0 unspecified atom stereocenters. The lowest BCUT2D eigenvalue weighted by molar-refractivity contribution is 0.435. The van der Waals surface area contributed by atoms with E-state index in [4.69, 9.17) is 4.74 Å². The number of rotatable bonds is 2. The number of aromatic nitrogens is 2. The molecule has 0 amide bonds. The first-order chi connectivity index (χ1) is 7.15. The van der Waals surface area contributed by atoms with Gasteiger partial charge in [0.1, 0.15) is 5.01 Å². The van der Waals surface area contributed by atoms with Gasteiger partial charge < -0.3 is 4.74 Å². The molecular weight excluding hydrogens is 283 g/mol. The molecule has 0 saturated heterocycles. The molecule has 1 aromatic carbocycles. The molecule has 1 heterocycles. The van der Waals surface area contributed by atoms with Crippen molar-refractivity contribution >= 4 is 27.3 Å². The summed E-state index contributed by atoms with van der Waals surface area (Å²) >= 11 is 4.51. The molecule has 1 aromatic heterocycles. The van der Waals surface area contributed by atoms with Crippen LogP contribution in [0.25, 0.3) is 0 Å². The fourth-order valence-electron chi connectivity index (χ4n) is 0.969. The van der Waals surface area contributed by atoms with Gasteiger partial charge in [-0.1, -0.05) is 32.4 Å². The van der Waals surface area contributed by atoms with E-state index in [-0.39, 0.29) is 5.75 Å². The number of aryl methyl sites for hydroxylation is 1. The van der Waals surface area contributed by atoms with Gasteiger partial charge in [0.15, 0.2) is 11.6 Å². The van der Waals surface area contributed by atoms with Crippen molar-refractivity contribution in [2.45, 2.75) is 6.92 Å². The lowest BCUT2D eigenvalue weighted by Gasteiger charge is -2.02. The third-order valence-corrected chi connectivity index (χ3v) is 2.81. The molecule has 0 saturated carbocycles. The van der Waals surface area contributed by atoms with Crippen LogP contribution in [0.15, 0.2) is 22.7 Å². The molecule has 78 valence electrons. The van der Waals surface area contributed by atoms with Crippen LogP contribution in [-0.2, 0) is 0 Å². The summed E-state index contributed by atoms with van der Waals surface area (Å²) in [7, 11) is 0. The van der Waals surface area contributed by atoms with Gasteiger partial charge in [0.2, 0.25) is 0 Å². The molecule has 0 fully saturated rings. The Morgan fingerprint density at radius 2 is 2.20 bits per heavy atom. The largest absolute Gasteiger partial charge is 0.427 e. The number of halogens is 2. The number of ether oxygens (including phenoxy) is 1. The van der Waals surface area contributed by atoms with E-state index in [1.165, 1.54) is 17.4 Å². The summed E-state index contributed by atoms with van der Waals surface area (Å²) in [6, 6.07) is 4.48. The summed E-state index contributed by atoms with van der Waals surface area (Å²) < 4.78 is 19.3. The molecular formula is C9H6BrFN2OS. The molecule has 2 aromatic rings. The Kier molecular flexibility index (Phi) is 2.97. The lowest BCUT2D eigenvalue weighted by Crippen LogP contribution is -1.87. The predicted molar refractivity (Wildman–Crippen MR) is 58.8 cm³/mol. The fraction of sp³-hybridized carbons (Fsp3) is 0.111. The third-order valence-electron chi connectivity index (χ3n) is 1.60. The van der Waals surface area contributed by atoms with Crippen LogP contribution in [0.5, 0.6) is 10.9 Å². The highest BCUT2D eigenvalue weighted by Gasteiger charge is 2.08. The van der Waals surface area contributed by atoms with Crippen LogP contribution in [-0.4, -0.2) is 10.2 Å². The van der Waals surface area contributed by atoms with Crippen molar-refractivity contribution in [3.63, 3.8) is 0 Å². The quantitative estimate of drug-likeness (QED) is 0.848. The molecule has 2 rings (SSSR count). The Balaban J connectivity index is 2.27. The number of hydrogen-bond donors (Lipinski definition) is 0. The van der Waals surface area contributed by atoms with Gasteiger partial charge in [0.25, 0.3) is 5.19 Å². The normalized spacial score (nSPS) is 10.3. The van der Waals surface area contributed by atoms with Crippen LogP contribution in [0.2, 0.25) is 0 Å². The van der Waals surface area contributed by atoms with Crippen LogP contribution in [0, 0.1) is 12.7 Å². The first-order valence-corrected chi connectivity index (χ1v) is 5.69. The van der Waals surface area contributed by atoms with Gasteiger partial charge in [-0.15, -0.1) is 5.10 Å². The molecule has 0 atom stereocenters. The summed E-state index contributed by atoms with van der Waals surface area (Å²) in [4.78, 5) is 0. The molecule has 0 radical (unpaired) electrons. The highest BCUT2D eigenvalue weighted by Crippen LogP contribution is 2.28. The molecule has 0 spiro atoms. The zero-order valence-electron chi connectivity index (χ0n) is 7.70. The average Bonchev–Trinajstić information content (AvgIpc) is 2.58. The molecule has 3 nitrogen and oxygen atoms in total. The summed E-state index contributed by atoms with van der Waals surface area (Å²) in [5.41, 5.74) is 0. The van der Waals surface area contributed by atoms with Crippen LogP contribution in [0.1, 0.15) is 5.01 Å². The van der Waals surface area contributed by atoms with Gasteiger partial charge in [-0.3, -0.25) is 0 Å². The SMILES string of the molecule is Cc1nnc(Oc2cc(Br)ccc2F)s1. The van der Waals surface area contributed by atoms with Gasteiger partial charge in [-0.2, -0.15) is 0 Å². The van der Waals surface area contributed by atoms with Crippen molar-refractivity contribution in [3.8, 4) is 10.9 Å². The van der Waals surface area contributed by atoms with Crippen LogP contribution < -0.4 is 4.74 Å². The van der Waals surface area contributed by atoms with Crippen LogP contribution in [0.3, 0.4) is 0 Å². The topological polar surface area (TPSA) is 35.0 Å². The van der Waals surface area contributed by atoms with E-state index in [0.717, 1.165) is 9.48 Å². The number of nitrogens with zero attached hydrogens (tertiary/aromatic N) is 2. The van der Waals surface area contributed by atoms with E-state index < -0.39 is 5.82 Å². The molecule has 0 aliphatic carbocycles. The Morgan fingerprint density at radius 1 is 1.40 bits per heavy atom. The van der Waals surface area contributed by atoms with Gasteiger partial charge in [-0.05, 0) is 25.1 Å². The van der Waals surface area contributed by atoms with Crippen molar-refractivity contribution in [1.82, 2.24) is 10.2 Å². The lowest BCUT2D eigenvalue weighted by atomic mass is 10.3. The zero-order valence-corrected chi connectivity index (χ0v) is 10.1. The van der Waals surface area contributed by atoms with Crippen LogP contribution in [0.4, 0.5) is 4.39 Å². The van der Waals surface area contributed by atoms with Gasteiger partial charge in [0.05, 0.1) is 0 Å². The second-order valence-electron chi connectivity index (χ2n) is 2.76. The van der Waals surface area contributed by atoms with Gasteiger partial charge in [0, 0.05) is 4.47 Å². The summed E-state index contributed by atoms with van der Waals surface area (Å²) in [6.45, 7) is 1.81. The van der Waals surface area contributed by atoms with E-state index in [9.17, 15) is 4.39 Å². The monoisotopic (exact) mass is 288 g/mol. The van der Waals surface area contributed by atoms with E-state index in [1.54, 1.807) is 12.1 Å². The van der Waals surface area contributed by atoms with Gasteiger partial charge in [-0.25, -0.2) is 4.39 Å². The second-order valence-corrected chi connectivity index (χ2v) is 4.82. The molecule has 0 bridgehead atoms. The predicted octanol–water partition coefficient (Wildman–Crippen LogP) is 3.54. The second kappa shape index (κ2) is 4.24. The minimum Gasteiger partial charge on any atom is -0.427 e. The highest BCUT2D eigenvalue weighted by molar-refractivity contribution is 9.10. The molecule has 15 heavy (non-hydrogen) atoms. The Labute approximate surface area is 98.0 Å². The van der Waals surface area contributed by atoms with Crippen molar-refractivity contribution < 1.29 is 9.13 Å². The first-order valence-electron chi connectivity index (χ1n) is 4.08. The third kappa shape index (κ3) is 2.51. The van der Waals surface area contributed by atoms with Crippen molar-refractivity contribution in [1.29, 1.82) is 0 Å². The minimum atomic E-state index is -0.425. The van der Waals surface area contributed by atoms with Crippen molar-refractivity contribution in [2.24, 2.45) is 0 Å². The van der Waals surface area contributed by atoms with Gasteiger partial charge >= 0.3 is 0 Å². The van der Waals surface area contributed by atoms with Crippen molar-refractivity contribution in [2.75, 3.05) is 0 Å². The minimum absolute atomic E-state index is 0.139. The van der Waals surface area contributed by atoms with Crippen molar-refractivity contribution in [3.05, 3.63) is 33.5 Å². The maximum Gasteiger partial charge on any atom is 0.299 e. The standard InChI is InChI=1S/C9H6BrFN2OS/c1-5-12-13-9(15-5)14-8-4-6(10)2-3-7(8)11/h2-4H,1H3.